The van der Waals surface area contributed by atoms with Crippen LogP contribution >= 0.6 is 11.3 Å². The number of benzene rings is 1. The maximum Gasteiger partial charge on any atom is 0.416 e. The van der Waals surface area contributed by atoms with Crippen molar-refractivity contribution in [2.75, 3.05) is 0 Å². The van der Waals surface area contributed by atoms with Crippen molar-refractivity contribution < 1.29 is 13.2 Å². The second-order valence-corrected chi connectivity index (χ2v) is 4.81. The molecule has 0 aliphatic heterocycles. The molecule has 0 aliphatic rings. The van der Waals surface area contributed by atoms with E-state index in [0.717, 1.165) is 16.8 Å². The van der Waals surface area contributed by atoms with Crippen LogP contribution in [-0.4, -0.2) is 4.98 Å². The van der Waals surface area contributed by atoms with E-state index in [2.05, 4.69) is 4.98 Å². The average Bonchev–Trinajstić information content (AvgIpc) is 2.69. The molecule has 0 saturated heterocycles. The molecule has 2 aromatic rings. The summed E-state index contributed by atoms with van der Waals surface area (Å²) in [5.41, 5.74) is 5.50. The number of nitrogens with zero attached hydrogens (tertiary/aromatic N) is 1. The van der Waals surface area contributed by atoms with Crippen LogP contribution in [-0.2, 0) is 6.18 Å². The Bertz CT molecular complexity index is 533. The van der Waals surface area contributed by atoms with Crippen molar-refractivity contribution in [2.24, 2.45) is 5.73 Å². The minimum absolute atomic E-state index is 0.207. The van der Waals surface area contributed by atoms with Crippen molar-refractivity contribution in [1.82, 2.24) is 4.98 Å². The van der Waals surface area contributed by atoms with Gasteiger partial charge in [-0.25, -0.2) is 4.98 Å². The molecule has 2 rings (SSSR count). The third-order valence-corrected chi connectivity index (χ3v) is 3.66. The number of hydrogen-bond acceptors (Lipinski definition) is 3. The maximum atomic E-state index is 12.5. The lowest BCUT2D eigenvalue weighted by Gasteiger charge is -2.04. The van der Waals surface area contributed by atoms with E-state index < -0.39 is 11.7 Å². The summed E-state index contributed by atoms with van der Waals surface area (Å²) in [5, 5.41) is 0.682. The summed E-state index contributed by atoms with van der Waals surface area (Å²) in [5.74, 6) is 0. The van der Waals surface area contributed by atoms with Crippen LogP contribution in [0.15, 0.2) is 18.2 Å². The van der Waals surface area contributed by atoms with Gasteiger partial charge in [0.05, 0.1) is 21.8 Å². The van der Waals surface area contributed by atoms with E-state index in [4.69, 9.17) is 5.73 Å². The van der Waals surface area contributed by atoms with Crippen LogP contribution in [0.25, 0.3) is 10.2 Å². The number of rotatable bonds is 2. The van der Waals surface area contributed by atoms with Crippen LogP contribution in [0.1, 0.15) is 30.0 Å². The quantitative estimate of drug-likeness (QED) is 0.893. The number of fused-ring (bicyclic) bond motifs is 1. The minimum atomic E-state index is -4.33. The van der Waals surface area contributed by atoms with Gasteiger partial charge in [-0.2, -0.15) is 13.2 Å². The normalized spacial score (nSPS) is 14.2. The first-order chi connectivity index (χ1) is 7.91. The van der Waals surface area contributed by atoms with Gasteiger partial charge in [0.25, 0.3) is 0 Å². The van der Waals surface area contributed by atoms with Crippen LogP contribution in [0.4, 0.5) is 13.2 Å². The summed E-state index contributed by atoms with van der Waals surface area (Å²) in [6.07, 6.45) is -3.61. The molecule has 17 heavy (non-hydrogen) atoms. The Morgan fingerprint density at radius 2 is 2.12 bits per heavy atom. The van der Waals surface area contributed by atoms with E-state index in [0.29, 0.717) is 16.9 Å². The third-order valence-electron chi connectivity index (χ3n) is 2.49. The van der Waals surface area contributed by atoms with Crippen molar-refractivity contribution in [2.45, 2.75) is 25.6 Å². The minimum Gasteiger partial charge on any atom is -0.322 e. The summed E-state index contributed by atoms with van der Waals surface area (Å²) in [6, 6.07) is 3.38. The van der Waals surface area contributed by atoms with E-state index >= 15 is 0 Å². The van der Waals surface area contributed by atoms with E-state index in [9.17, 15) is 13.2 Å². The Balaban J connectivity index is 2.48. The van der Waals surface area contributed by atoms with Gasteiger partial charge in [0.1, 0.15) is 5.01 Å². The Morgan fingerprint density at radius 3 is 2.71 bits per heavy atom. The Labute approximate surface area is 100 Å². The molecule has 0 saturated carbocycles. The average molecular weight is 260 g/mol. The fraction of sp³-hybridized carbons (Fsp3) is 0.364. The van der Waals surface area contributed by atoms with Crippen LogP contribution < -0.4 is 5.73 Å². The van der Waals surface area contributed by atoms with Gasteiger partial charge in [-0.15, -0.1) is 11.3 Å². The fourth-order valence-corrected chi connectivity index (χ4v) is 2.49. The molecule has 92 valence electrons. The molecule has 0 bridgehead atoms. The fourth-order valence-electron chi connectivity index (χ4n) is 1.45. The molecule has 1 atom stereocenters. The van der Waals surface area contributed by atoms with Gasteiger partial charge >= 0.3 is 6.18 Å². The van der Waals surface area contributed by atoms with Crippen molar-refractivity contribution >= 4 is 21.6 Å². The van der Waals surface area contributed by atoms with E-state index in [1.165, 1.54) is 17.4 Å². The van der Waals surface area contributed by atoms with E-state index in [1.807, 2.05) is 6.92 Å². The van der Waals surface area contributed by atoms with Gasteiger partial charge in [-0.1, -0.05) is 6.92 Å². The molecule has 0 amide bonds. The molecule has 0 aliphatic carbocycles. The Morgan fingerprint density at radius 1 is 1.41 bits per heavy atom. The molecular formula is C11H11F3N2S. The highest BCUT2D eigenvalue weighted by Crippen LogP contribution is 2.33. The largest absolute Gasteiger partial charge is 0.416 e. The molecular weight excluding hydrogens is 249 g/mol. The van der Waals surface area contributed by atoms with Crippen molar-refractivity contribution in [3.05, 3.63) is 28.8 Å². The van der Waals surface area contributed by atoms with Gasteiger partial charge < -0.3 is 5.73 Å². The molecule has 1 unspecified atom stereocenters. The summed E-state index contributed by atoms with van der Waals surface area (Å²) in [6.45, 7) is 1.91. The molecule has 1 aromatic carbocycles. The van der Waals surface area contributed by atoms with Gasteiger partial charge in [0, 0.05) is 0 Å². The SMILES string of the molecule is CCC(N)c1nc2cc(C(F)(F)F)ccc2s1. The molecule has 0 radical (unpaired) electrons. The van der Waals surface area contributed by atoms with Crippen LogP contribution in [0.2, 0.25) is 0 Å². The number of halogens is 3. The molecule has 1 heterocycles. The number of thiazole rings is 1. The van der Waals surface area contributed by atoms with E-state index in [-0.39, 0.29) is 6.04 Å². The van der Waals surface area contributed by atoms with Crippen molar-refractivity contribution in [1.29, 1.82) is 0 Å². The Kier molecular flexibility index (Phi) is 3.09. The molecule has 6 heteroatoms. The highest BCUT2D eigenvalue weighted by atomic mass is 32.1. The number of alkyl halides is 3. The topological polar surface area (TPSA) is 38.9 Å². The smallest absolute Gasteiger partial charge is 0.322 e. The summed E-state index contributed by atoms with van der Waals surface area (Å²) >= 11 is 1.35. The first-order valence-corrected chi connectivity index (χ1v) is 5.96. The molecule has 2 N–H and O–H groups in total. The first-order valence-electron chi connectivity index (χ1n) is 5.15. The standard InChI is InChI=1S/C11H11F3N2S/c1-2-7(15)10-16-8-5-6(11(12,13)14)3-4-9(8)17-10/h3-5,7H,2,15H2,1H3. The van der Waals surface area contributed by atoms with E-state index in [1.54, 1.807) is 0 Å². The highest BCUT2D eigenvalue weighted by molar-refractivity contribution is 7.18. The lowest BCUT2D eigenvalue weighted by Crippen LogP contribution is -2.07. The number of hydrogen-bond donors (Lipinski definition) is 1. The first kappa shape index (κ1) is 12.3. The monoisotopic (exact) mass is 260 g/mol. The van der Waals surface area contributed by atoms with Gasteiger partial charge in [0.2, 0.25) is 0 Å². The zero-order valence-corrected chi connectivity index (χ0v) is 9.90. The maximum absolute atomic E-state index is 12.5. The molecule has 0 fully saturated rings. The lowest BCUT2D eigenvalue weighted by molar-refractivity contribution is -0.137. The third kappa shape index (κ3) is 2.42. The zero-order chi connectivity index (χ0) is 12.6. The van der Waals surface area contributed by atoms with Crippen LogP contribution in [0, 0.1) is 0 Å². The summed E-state index contributed by atoms with van der Waals surface area (Å²) in [4.78, 5) is 4.15. The van der Waals surface area contributed by atoms with Gasteiger partial charge in [-0.3, -0.25) is 0 Å². The Hall–Kier alpha value is -1.14. The molecule has 0 spiro atoms. The van der Waals surface area contributed by atoms with Crippen molar-refractivity contribution in [3.8, 4) is 0 Å². The highest BCUT2D eigenvalue weighted by Gasteiger charge is 2.30. The predicted molar refractivity (Wildman–Crippen MR) is 61.8 cm³/mol. The van der Waals surface area contributed by atoms with Gasteiger partial charge in [-0.05, 0) is 24.6 Å². The summed E-state index contributed by atoms with van der Waals surface area (Å²) in [7, 11) is 0. The number of aromatic nitrogens is 1. The molecule has 2 nitrogen and oxygen atoms in total. The van der Waals surface area contributed by atoms with Gasteiger partial charge in [0.15, 0.2) is 0 Å². The van der Waals surface area contributed by atoms with Crippen molar-refractivity contribution in [3.63, 3.8) is 0 Å². The lowest BCUT2D eigenvalue weighted by atomic mass is 10.2. The second kappa shape index (κ2) is 4.27. The van der Waals surface area contributed by atoms with Crippen LogP contribution in [0.3, 0.4) is 0 Å². The van der Waals surface area contributed by atoms with Crippen LogP contribution in [0.5, 0.6) is 0 Å². The predicted octanol–water partition coefficient (Wildman–Crippen LogP) is 3.72. The number of nitrogens with two attached hydrogens (primary N) is 1. The zero-order valence-electron chi connectivity index (χ0n) is 9.08. The summed E-state index contributed by atoms with van der Waals surface area (Å²) < 4.78 is 38.2. The second-order valence-electron chi connectivity index (χ2n) is 3.75. The molecule has 1 aromatic heterocycles.